The van der Waals surface area contributed by atoms with Crippen LogP contribution in [0.25, 0.3) is 0 Å². The highest BCUT2D eigenvalue weighted by Gasteiger charge is 2.05. The molecule has 1 atom stereocenters. The van der Waals surface area contributed by atoms with Gasteiger partial charge in [-0.25, -0.2) is 0 Å². The van der Waals surface area contributed by atoms with Crippen LogP contribution in [0.4, 0.5) is 5.69 Å². The van der Waals surface area contributed by atoms with E-state index < -0.39 is 0 Å². The van der Waals surface area contributed by atoms with Gasteiger partial charge in [0, 0.05) is 23.8 Å². The Balaban J connectivity index is 1.74. The fourth-order valence-corrected chi connectivity index (χ4v) is 2.64. The van der Waals surface area contributed by atoms with E-state index in [2.05, 4.69) is 17.2 Å². The monoisotopic (exact) mass is 330 g/mol. The Hall–Kier alpha value is -2.01. The van der Waals surface area contributed by atoms with Gasteiger partial charge in [-0.05, 0) is 49.2 Å². The van der Waals surface area contributed by atoms with Gasteiger partial charge in [-0.1, -0.05) is 13.0 Å². The average molecular weight is 330 g/mol. The van der Waals surface area contributed by atoms with Crippen LogP contribution >= 0.6 is 11.8 Å². The molecule has 0 radical (unpaired) electrons. The van der Waals surface area contributed by atoms with Crippen molar-refractivity contribution in [3.63, 3.8) is 0 Å². The van der Waals surface area contributed by atoms with Crippen molar-refractivity contribution < 1.29 is 9.53 Å². The number of nitrogens with one attached hydrogen (secondary N) is 1. The summed E-state index contributed by atoms with van der Waals surface area (Å²) < 4.78 is 5.71. The molecule has 5 heteroatoms. The van der Waals surface area contributed by atoms with E-state index in [-0.39, 0.29) is 12.0 Å². The van der Waals surface area contributed by atoms with E-state index in [1.54, 1.807) is 18.0 Å². The third-order valence-corrected chi connectivity index (χ3v) is 4.28. The highest BCUT2D eigenvalue weighted by atomic mass is 32.2. The van der Waals surface area contributed by atoms with Crippen molar-refractivity contribution >= 4 is 23.4 Å². The lowest BCUT2D eigenvalue weighted by atomic mass is 10.3. The van der Waals surface area contributed by atoms with Gasteiger partial charge < -0.3 is 10.1 Å². The number of ether oxygens (including phenoxy) is 1. The second kappa shape index (κ2) is 9.20. The number of benzene rings is 1. The van der Waals surface area contributed by atoms with Gasteiger partial charge in [-0.15, -0.1) is 11.8 Å². The number of hydrogen-bond donors (Lipinski definition) is 1. The molecule has 0 bridgehead atoms. The minimum atomic E-state index is -0.00511. The Morgan fingerprint density at radius 2 is 2.09 bits per heavy atom. The number of amides is 1. The standard InChI is InChI=1S/C18H22N2O2S/c1-3-14(2)22-17-8-6-16(7-9-17)20-18(21)13-23-12-15-5-4-10-19-11-15/h4-11,14H,3,12-13H2,1-2H3,(H,20,21). The molecule has 0 saturated heterocycles. The highest BCUT2D eigenvalue weighted by molar-refractivity contribution is 7.99. The number of aromatic nitrogens is 1. The van der Waals surface area contributed by atoms with E-state index in [0.29, 0.717) is 5.75 Å². The van der Waals surface area contributed by atoms with Crippen molar-refractivity contribution in [3.05, 3.63) is 54.4 Å². The molecule has 1 heterocycles. The fourth-order valence-electron chi connectivity index (χ4n) is 1.87. The van der Waals surface area contributed by atoms with Crippen LogP contribution in [0.2, 0.25) is 0 Å². The number of carbonyl (C=O) groups excluding carboxylic acids is 1. The van der Waals surface area contributed by atoms with Gasteiger partial charge in [0.05, 0.1) is 11.9 Å². The van der Waals surface area contributed by atoms with Gasteiger partial charge in [-0.3, -0.25) is 9.78 Å². The summed E-state index contributed by atoms with van der Waals surface area (Å²) in [6.45, 7) is 4.12. The predicted octanol–water partition coefficient (Wildman–Crippen LogP) is 4.13. The maximum Gasteiger partial charge on any atom is 0.234 e. The molecular formula is C18H22N2O2S. The Kier molecular flexibility index (Phi) is 6.94. The number of rotatable bonds is 8. The molecule has 122 valence electrons. The number of hydrogen-bond acceptors (Lipinski definition) is 4. The van der Waals surface area contributed by atoms with Crippen LogP contribution in [0.5, 0.6) is 5.75 Å². The summed E-state index contributed by atoms with van der Waals surface area (Å²) in [5.74, 6) is 2.01. The lowest BCUT2D eigenvalue weighted by Crippen LogP contribution is -2.14. The molecule has 2 rings (SSSR count). The molecule has 0 saturated carbocycles. The van der Waals surface area contributed by atoms with E-state index in [0.717, 1.165) is 29.2 Å². The van der Waals surface area contributed by atoms with Crippen molar-refractivity contribution in [2.24, 2.45) is 0 Å². The number of carbonyl (C=O) groups is 1. The fraction of sp³-hybridized carbons (Fsp3) is 0.333. The van der Waals surface area contributed by atoms with Crippen molar-refractivity contribution in [2.75, 3.05) is 11.1 Å². The van der Waals surface area contributed by atoms with Gasteiger partial charge in [0.15, 0.2) is 0 Å². The highest BCUT2D eigenvalue weighted by Crippen LogP contribution is 2.18. The summed E-state index contributed by atoms with van der Waals surface area (Å²) in [6.07, 6.45) is 4.72. The molecule has 1 amide bonds. The quantitative estimate of drug-likeness (QED) is 0.790. The third kappa shape index (κ3) is 6.32. The summed E-state index contributed by atoms with van der Waals surface area (Å²) in [6, 6.07) is 11.4. The molecular weight excluding hydrogens is 308 g/mol. The first-order valence-corrected chi connectivity index (χ1v) is 8.86. The van der Waals surface area contributed by atoms with Gasteiger partial charge in [-0.2, -0.15) is 0 Å². The average Bonchev–Trinajstić information content (AvgIpc) is 2.57. The summed E-state index contributed by atoms with van der Waals surface area (Å²) >= 11 is 1.57. The smallest absolute Gasteiger partial charge is 0.234 e. The number of pyridine rings is 1. The van der Waals surface area contributed by atoms with Gasteiger partial charge in [0.1, 0.15) is 5.75 Å². The molecule has 0 fully saturated rings. The molecule has 0 aliphatic carbocycles. The third-order valence-electron chi connectivity index (χ3n) is 3.27. The normalized spacial score (nSPS) is 11.7. The maximum absolute atomic E-state index is 11.9. The zero-order valence-electron chi connectivity index (χ0n) is 13.5. The molecule has 0 aliphatic rings. The first-order chi connectivity index (χ1) is 11.2. The van der Waals surface area contributed by atoms with E-state index in [1.807, 2.05) is 49.5 Å². The van der Waals surface area contributed by atoms with E-state index in [9.17, 15) is 4.79 Å². The molecule has 1 N–H and O–H groups in total. The van der Waals surface area contributed by atoms with Crippen molar-refractivity contribution in [3.8, 4) is 5.75 Å². The molecule has 0 aliphatic heterocycles. The van der Waals surface area contributed by atoms with Gasteiger partial charge >= 0.3 is 0 Å². The predicted molar refractivity (Wildman–Crippen MR) is 95.9 cm³/mol. The lowest BCUT2D eigenvalue weighted by Gasteiger charge is -2.13. The molecule has 4 nitrogen and oxygen atoms in total. The SMILES string of the molecule is CCC(C)Oc1ccc(NC(=O)CSCc2cccnc2)cc1. The van der Waals surface area contributed by atoms with Gasteiger partial charge in [0.25, 0.3) is 0 Å². The van der Waals surface area contributed by atoms with Crippen LogP contribution < -0.4 is 10.1 Å². The Morgan fingerprint density at radius 3 is 2.74 bits per heavy atom. The minimum Gasteiger partial charge on any atom is -0.491 e. The first-order valence-electron chi connectivity index (χ1n) is 7.70. The lowest BCUT2D eigenvalue weighted by molar-refractivity contribution is -0.113. The number of nitrogens with zero attached hydrogens (tertiary/aromatic N) is 1. The van der Waals surface area contributed by atoms with Crippen LogP contribution in [0.1, 0.15) is 25.8 Å². The molecule has 1 unspecified atom stereocenters. The molecule has 1 aromatic carbocycles. The van der Waals surface area contributed by atoms with Crippen LogP contribution in [0.15, 0.2) is 48.8 Å². The van der Waals surface area contributed by atoms with Crippen molar-refractivity contribution in [1.82, 2.24) is 4.98 Å². The summed E-state index contributed by atoms with van der Waals surface area (Å²) in [7, 11) is 0. The molecule has 2 aromatic rings. The largest absolute Gasteiger partial charge is 0.491 e. The summed E-state index contributed by atoms with van der Waals surface area (Å²) in [5.41, 5.74) is 1.91. The number of anilines is 1. The Morgan fingerprint density at radius 1 is 1.30 bits per heavy atom. The maximum atomic E-state index is 11.9. The zero-order valence-corrected chi connectivity index (χ0v) is 14.3. The first kappa shape index (κ1) is 17.3. The second-order valence-corrected chi connectivity index (χ2v) is 6.25. The molecule has 1 aromatic heterocycles. The molecule has 23 heavy (non-hydrogen) atoms. The molecule has 0 spiro atoms. The summed E-state index contributed by atoms with van der Waals surface area (Å²) in [5, 5.41) is 2.89. The topological polar surface area (TPSA) is 51.2 Å². The summed E-state index contributed by atoms with van der Waals surface area (Å²) in [4.78, 5) is 16.0. The van der Waals surface area contributed by atoms with Gasteiger partial charge in [0.2, 0.25) is 5.91 Å². The van der Waals surface area contributed by atoms with Crippen LogP contribution in [0.3, 0.4) is 0 Å². The Labute approximate surface area is 141 Å². The van der Waals surface area contributed by atoms with E-state index in [4.69, 9.17) is 4.74 Å². The van der Waals surface area contributed by atoms with Crippen LogP contribution in [-0.2, 0) is 10.5 Å². The van der Waals surface area contributed by atoms with E-state index >= 15 is 0 Å². The number of thioether (sulfide) groups is 1. The Bertz CT molecular complexity index is 602. The minimum absolute atomic E-state index is 0.00511. The second-order valence-electron chi connectivity index (χ2n) is 5.26. The van der Waals surface area contributed by atoms with Crippen LogP contribution in [-0.4, -0.2) is 22.7 Å². The van der Waals surface area contributed by atoms with Crippen molar-refractivity contribution in [1.29, 1.82) is 0 Å². The zero-order chi connectivity index (χ0) is 16.5. The van der Waals surface area contributed by atoms with E-state index in [1.165, 1.54) is 0 Å². The van der Waals surface area contributed by atoms with Crippen molar-refractivity contribution in [2.45, 2.75) is 32.1 Å². The van der Waals surface area contributed by atoms with Crippen LogP contribution in [0, 0.1) is 0 Å².